The van der Waals surface area contributed by atoms with Gasteiger partial charge in [0.1, 0.15) is 16.4 Å². The first kappa shape index (κ1) is 22.2. The molecule has 0 aliphatic carbocycles. The van der Waals surface area contributed by atoms with Crippen LogP contribution in [0.3, 0.4) is 0 Å². The highest BCUT2D eigenvalue weighted by Gasteiger charge is 2.20. The van der Waals surface area contributed by atoms with Gasteiger partial charge >= 0.3 is 0 Å². The number of benzene rings is 1. The van der Waals surface area contributed by atoms with E-state index in [2.05, 4.69) is 16.4 Å². The molecule has 0 unspecified atom stereocenters. The average molecular weight is 473 g/mol. The summed E-state index contributed by atoms with van der Waals surface area (Å²) in [5, 5.41) is 4.51. The number of aryl methyl sites for hydroxylation is 3. The van der Waals surface area contributed by atoms with Gasteiger partial charge in [-0.2, -0.15) is 0 Å². The molecule has 0 saturated heterocycles. The van der Waals surface area contributed by atoms with E-state index in [1.807, 2.05) is 68.9 Å². The molecule has 0 saturated carbocycles. The molecule has 4 aromatic heterocycles. The highest BCUT2D eigenvalue weighted by Crippen LogP contribution is 2.32. The molecular formula is C27H25ClN4O2. The van der Waals surface area contributed by atoms with Crippen LogP contribution in [0.25, 0.3) is 33.5 Å². The molecule has 1 N–H and O–H groups in total. The molecule has 0 aliphatic heterocycles. The first-order valence-corrected chi connectivity index (χ1v) is 11.5. The smallest absolute Gasteiger partial charge is 0.196 e. The topological polar surface area (TPSA) is 73.0 Å². The molecule has 1 aromatic carbocycles. The molecule has 0 bridgehead atoms. The van der Waals surface area contributed by atoms with Crippen LogP contribution in [0.4, 0.5) is 5.69 Å². The SMILES string of the molecule is Cc1cc([C@@H](C)Nc2ccc(Cl)nc2C)c2oc(-c3ccc4c(ccn4C)n3)c(C)c(=O)c2c1. The molecule has 4 heterocycles. The summed E-state index contributed by atoms with van der Waals surface area (Å²) < 4.78 is 8.47. The van der Waals surface area contributed by atoms with Crippen molar-refractivity contribution in [2.75, 3.05) is 5.32 Å². The normalized spacial score (nSPS) is 12.4. The van der Waals surface area contributed by atoms with E-state index < -0.39 is 0 Å². The summed E-state index contributed by atoms with van der Waals surface area (Å²) in [7, 11) is 1.98. The fourth-order valence-corrected chi connectivity index (χ4v) is 4.59. The van der Waals surface area contributed by atoms with Crippen molar-refractivity contribution in [3.8, 4) is 11.5 Å². The molecule has 0 amide bonds. The average Bonchev–Trinajstić information content (AvgIpc) is 3.18. The van der Waals surface area contributed by atoms with E-state index in [1.165, 1.54) is 0 Å². The van der Waals surface area contributed by atoms with Crippen molar-refractivity contribution >= 4 is 39.3 Å². The first-order valence-electron chi connectivity index (χ1n) is 11.1. The van der Waals surface area contributed by atoms with E-state index in [-0.39, 0.29) is 11.5 Å². The van der Waals surface area contributed by atoms with Crippen molar-refractivity contribution in [3.63, 3.8) is 0 Å². The van der Waals surface area contributed by atoms with Crippen molar-refractivity contribution < 1.29 is 4.42 Å². The van der Waals surface area contributed by atoms with Crippen molar-refractivity contribution in [2.45, 2.75) is 33.7 Å². The van der Waals surface area contributed by atoms with Gasteiger partial charge < -0.3 is 14.3 Å². The molecule has 6 nitrogen and oxygen atoms in total. The zero-order valence-corrected chi connectivity index (χ0v) is 20.5. The largest absolute Gasteiger partial charge is 0.454 e. The molecule has 5 rings (SSSR count). The van der Waals surface area contributed by atoms with Crippen LogP contribution < -0.4 is 10.7 Å². The Hall–Kier alpha value is -3.64. The summed E-state index contributed by atoms with van der Waals surface area (Å²) in [6.07, 6.45) is 1.96. The van der Waals surface area contributed by atoms with Gasteiger partial charge in [0.05, 0.1) is 33.8 Å². The van der Waals surface area contributed by atoms with Gasteiger partial charge in [-0.1, -0.05) is 17.7 Å². The van der Waals surface area contributed by atoms with Gasteiger partial charge in [0.2, 0.25) is 0 Å². The third-order valence-corrected chi connectivity index (χ3v) is 6.46. The van der Waals surface area contributed by atoms with Crippen LogP contribution in [-0.2, 0) is 7.05 Å². The van der Waals surface area contributed by atoms with Crippen LogP contribution in [0, 0.1) is 20.8 Å². The number of rotatable bonds is 4. The van der Waals surface area contributed by atoms with E-state index in [0.717, 1.165) is 33.5 Å². The highest BCUT2D eigenvalue weighted by molar-refractivity contribution is 6.29. The number of anilines is 1. The van der Waals surface area contributed by atoms with Crippen LogP contribution >= 0.6 is 11.6 Å². The number of hydrogen-bond donors (Lipinski definition) is 1. The number of nitrogens with zero attached hydrogens (tertiary/aromatic N) is 3. The van der Waals surface area contributed by atoms with Crippen LogP contribution in [0.15, 0.2) is 57.9 Å². The minimum absolute atomic E-state index is 0.0484. The minimum Gasteiger partial charge on any atom is -0.454 e. The maximum Gasteiger partial charge on any atom is 0.196 e. The van der Waals surface area contributed by atoms with Gasteiger partial charge in [-0.15, -0.1) is 0 Å². The van der Waals surface area contributed by atoms with Gasteiger partial charge in [-0.05, 0) is 69.7 Å². The predicted octanol–water partition coefficient (Wildman–Crippen LogP) is 6.49. The second kappa shape index (κ2) is 8.29. The Morgan fingerprint density at radius 3 is 2.62 bits per heavy atom. The summed E-state index contributed by atoms with van der Waals surface area (Å²) in [5.41, 5.74) is 7.13. The standard InChI is InChI=1S/C27H25ClN4O2/c1-14-12-18(16(3)29-20-7-9-24(28)30-17(20)4)27-19(13-14)25(33)15(2)26(34-27)22-6-8-23-21(31-22)10-11-32(23)5/h6-13,16,29H,1-5H3/t16-/m1/s1. The van der Waals surface area contributed by atoms with E-state index in [4.69, 9.17) is 21.0 Å². The van der Waals surface area contributed by atoms with Crippen LogP contribution in [0.5, 0.6) is 0 Å². The summed E-state index contributed by atoms with van der Waals surface area (Å²) >= 11 is 6.02. The van der Waals surface area contributed by atoms with Crippen molar-refractivity contribution in [3.05, 3.63) is 86.4 Å². The number of hydrogen-bond acceptors (Lipinski definition) is 5. The Bertz CT molecular complexity index is 1630. The molecule has 5 aromatic rings. The Morgan fingerprint density at radius 2 is 1.85 bits per heavy atom. The molecule has 0 spiro atoms. The maximum absolute atomic E-state index is 13.4. The van der Waals surface area contributed by atoms with Gasteiger partial charge in [0.25, 0.3) is 0 Å². The first-order chi connectivity index (χ1) is 16.2. The Morgan fingerprint density at radius 1 is 1.06 bits per heavy atom. The number of pyridine rings is 2. The lowest BCUT2D eigenvalue weighted by atomic mass is 9.99. The fraction of sp³-hybridized carbons (Fsp3) is 0.222. The van der Waals surface area contributed by atoms with Gasteiger partial charge in [-0.25, -0.2) is 9.97 Å². The summed E-state index contributed by atoms with van der Waals surface area (Å²) in [5.74, 6) is 0.491. The third-order valence-electron chi connectivity index (χ3n) is 6.25. The fourth-order valence-electron chi connectivity index (χ4n) is 4.41. The lowest BCUT2D eigenvalue weighted by Crippen LogP contribution is -2.13. The van der Waals surface area contributed by atoms with E-state index in [1.54, 1.807) is 13.0 Å². The van der Waals surface area contributed by atoms with Crippen molar-refractivity contribution in [1.29, 1.82) is 0 Å². The van der Waals surface area contributed by atoms with E-state index in [0.29, 0.717) is 33.1 Å². The lowest BCUT2D eigenvalue weighted by Gasteiger charge is -2.19. The quantitative estimate of drug-likeness (QED) is 0.302. The molecular weight excluding hydrogens is 448 g/mol. The molecule has 0 fully saturated rings. The number of fused-ring (bicyclic) bond motifs is 2. The Labute approximate surface area is 202 Å². The predicted molar refractivity (Wildman–Crippen MR) is 138 cm³/mol. The molecule has 0 radical (unpaired) electrons. The van der Waals surface area contributed by atoms with Crippen molar-refractivity contribution in [2.24, 2.45) is 7.05 Å². The van der Waals surface area contributed by atoms with Crippen LogP contribution in [0.1, 0.15) is 35.3 Å². The van der Waals surface area contributed by atoms with Crippen LogP contribution in [0.2, 0.25) is 5.15 Å². The number of nitrogens with one attached hydrogen (secondary N) is 1. The zero-order chi connectivity index (χ0) is 24.1. The monoisotopic (exact) mass is 472 g/mol. The second-order valence-electron chi connectivity index (χ2n) is 8.78. The summed E-state index contributed by atoms with van der Waals surface area (Å²) in [4.78, 5) is 22.5. The molecule has 7 heteroatoms. The molecule has 0 aliphatic rings. The van der Waals surface area contributed by atoms with Gasteiger partial charge in [0, 0.05) is 24.4 Å². The van der Waals surface area contributed by atoms with Crippen LogP contribution in [-0.4, -0.2) is 14.5 Å². The molecule has 172 valence electrons. The van der Waals surface area contributed by atoms with Crippen molar-refractivity contribution in [1.82, 2.24) is 14.5 Å². The number of aromatic nitrogens is 3. The maximum atomic E-state index is 13.4. The minimum atomic E-state index is -0.146. The lowest BCUT2D eigenvalue weighted by molar-refractivity contribution is 0.603. The Balaban J connectivity index is 1.68. The highest BCUT2D eigenvalue weighted by atomic mass is 35.5. The van der Waals surface area contributed by atoms with Gasteiger partial charge in [-0.3, -0.25) is 4.79 Å². The second-order valence-corrected chi connectivity index (χ2v) is 9.16. The van der Waals surface area contributed by atoms with E-state index in [9.17, 15) is 4.79 Å². The van der Waals surface area contributed by atoms with E-state index >= 15 is 0 Å². The molecule has 34 heavy (non-hydrogen) atoms. The van der Waals surface area contributed by atoms with Gasteiger partial charge in [0.15, 0.2) is 11.2 Å². The summed E-state index contributed by atoms with van der Waals surface area (Å²) in [6, 6.07) is 13.3. The number of halogens is 1. The molecule has 1 atom stereocenters. The summed E-state index contributed by atoms with van der Waals surface area (Å²) in [6.45, 7) is 7.72. The zero-order valence-electron chi connectivity index (χ0n) is 19.7. The third kappa shape index (κ3) is 3.74. The Kier molecular flexibility index (Phi) is 5.41.